The van der Waals surface area contributed by atoms with E-state index in [-0.39, 0.29) is 0 Å². The van der Waals surface area contributed by atoms with Crippen molar-refractivity contribution in [1.82, 2.24) is 9.71 Å². The van der Waals surface area contributed by atoms with Gasteiger partial charge in [0.15, 0.2) is 0 Å². The molecule has 6 heteroatoms. The summed E-state index contributed by atoms with van der Waals surface area (Å²) >= 11 is 3.30. The minimum atomic E-state index is -0.593. The molecule has 0 amide bonds. The average Bonchev–Trinajstić information content (AvgIpc) is 2.21. The van der Waals surface area contributed by atoms with E-state index in [1.807, 2.05) is 13.0 Å². The summed E-state index contributed by atoms with van der Waals surface area (Å²) in [4.78, 5) is 30.7. The lowest BCUT2D eigenvalue weighted by Gasteiger charge is -2.05. The summed E-state index contributed by atoms with van der Waals surface area (Å²) in [6, 6.07) is 3.53. The molecule has 5 nitrogen and oxygen atoms in total. The van der Waals surface area contributed by atoms with Gasteiger partial charge < -0.3 is 9.82 Å². The predicted molar refractivity (Wildman–Crippen MR) is 63.8 cm³/mol. The Morgan fingerprint density at radius 3 is 2.69 bits per heavy atom. The maximum absolute atomic E-state index is 11.9. The van der Waals surface area contributed by atoms with E-state index in [1.54, 1.807) is 6.07 Å². The molecule has 0 atom stereocenters. The van der Waals surface area contributed by atoms with Crippen molar-refractivity contribution in [1.29, 1.82) is 0 Å². The highest BCUT2D eigenvalue weighted by atomic mass is 79.9. The van der Waals surface area contributed by atoms with Crippen LogP contribution in [-0.4, -0.2) is 16.8 Å². The van der Waals surface area contributed by atoms with Crippen LogP contribution in [0.3, 0.4) is 0 Å². The van der Waals surface area contributed by atoms with Gasteiger partial charge in [0.05, 0.1) is 10.9 Å². The molecule has 1 heterocycles. The lowest BCUT2D eigenvalue weighted by Crippen LogP contribution is -2.38. The number of aromatic nitrogens is 2. The number of rotatable bonds is 1. The molecule has 2 aromatic rings. The highest BCUT2D eigenvalue weighted by Crippen LogP contribution is 2.20. The Morgan fingerprint density at radius 2 is 2.06 bits per heavy atom. The molecule has 0 bridgehead atoms. The first-order chi connectivity index (χ1) is 7.54. The van der Waals surface area contributed by atoms with E-state index in [4.69, 9.17) is 4.84 Å². The highest BCUT2D eigenvalue weighted by molar-refractivity contribution is 9.10. The molecule has 0 saturated heterocycles. The lowest BCUT2D eigenvalue weighted by atomic mass is 10.2. The maximum Gasteiger partial charge on any atom is 0.362 e. The third-order valence-electron chi connectivity index (χ3n) is 2.25. The van der Waals surface area contributed by atoms with Gasteiger partial charge in [-0.3, -0.25) is 4.79 Å². The molecule has 0 spiro atoms. The summed E-state index contributed by atoms with van der Waals surface area (Å²) in [7, 11) is 1.27. The van der Waals surface area contributed by atoms with Crippen molar-refractivity contribution < 1.29 is 4.84 Å². The van der Waals surface area contributed by atoms with Gasteiger partial charge in [-0.1, -0.05) is 4.73 Å². The first kappa shape index (κ1) is 10.9. The highest BCUT2D eigenvalue weighted by Gasteiger charge is 2.10. The number of aryl methyl sites for hydroxylation is 1. The maximum atomic E-state index is 11.9. The zero-order chi connectivity index (χ0) is 11.9. The predicted octanol–water partition coefficient (Wildman–Crippen LogP) is 0.819. The molecule has 84 valence electrons. The van der Waals surface area contributed by atoms with Crippen LogP contribution in [0, 0.1) is 6.92 Å². The Morgan fingerprint density at radius 1 is 1.38 bits per heavy atom. The minimum absolute atomic E-state index is 0.410. The second-order valence-electron chi connectivity index (χ2n) is 3.38. The normalized spacial score (nSPS) is 10.7. The van der Waals surface area contributed by atoms with E-state index >= 15 is 0 Å². The van der Waals surface area contributed by atoms with Crippen molar-refractivity contribution in [3.05, 3.63) is 43.0 Å². The third-order valence-corrected chi connectivity index (χ3v) is 2.87. The summed E-state index contributed by atoms with van der Waals surface area (Å²) in [6.45, 7) is 1.87. The summed E-state index contributed by atoms with van der Waals surface area (Å²) < 4.78 is 1.37. The van der Waals surface area contributed by atoms with Crippen molar-refractivity contribution in [2.75, 3.05) is 7.11 Å². The fraction of sp³-hybridized carbons (Fsp3) is 0.200. The number of nitrogens with one attached hydrogen (secondary N) is 1. The quantitative estimate of drug-likeness (QED) is 0.843. The topological polar surface area (TPSA) is 64.1 Å². The summed E-state index contributed by atoms with van der Waals surface area (Å²) in [5.41, 5.74) is 0.343. The SMILES string of the molecule is COn1c(=O)[nH]c2c(Br)cc(C)cc2c1=O. The van der Waals surface area contributed by atoms with E-state index in [9.17, 15) is 9.59 Å². The van der Waals surface area contributed by atoms with Crippen molar-refractivity contribution >= 4 is 26.8 Å². The number of hydrogen-bond acceptors (Lipinski definition) is 3. The van der Waals surface area contributed by atoms with Gasteiger partial charge in [0.1, 0.15) is 7.11 Å². The molecule has 1 aromatic heterocycles. The largest absolute Gasteiger partial charge is 0.409 e. The van der Waals surface area contributed by atoms with Crippen LogP contribution in [0.4, 0.5) is 0 Å². The van der Waals surface area contributed by atoms with Crippen LogP contribution in [0.15, 0.2) is 26.2 Å². The Labute approximate surface area is 98.8 Å². The van der Waals surface area contributed by atoms with Crippen LogP contribution in [0.1, 0.15) is 5.56 Å². The summed E-state index contributed by atoms with van der Waals surface area (Å²) in [5, 5.41) is 0.410. The molecular formula is C10H9BrN2O3. The number of nitrogens with zero attached hydrogens (tertiary/aromatic N) is 1. The van der Waals surface area contributed by atoms with Crippen molar-refractivity contribution in [3.63, 3.8) is 0 Å². The van der Waals surface area contributed by atoms with E-state index in [1.165, 1.54) is 7.11 Å². The molecule has 0 unspecified atom stereocenters. The van der Waals surface area contributed by atoms with Crippen LogP contribution in [0.5, 0.6) is 0 Å². The van der Waals surface area contributed by atoms with Gasteiger partial charge in [-0.25, -0.2) is 4.79 Å². The molecule has 1 N–H and O–H groups in total. The van der Waals surface area contributed by atoms with Gasteiger partial charge in [-0.2, -0.15) is 0 Å². The van der Waals surface area contributed by atoms with Gasteiger partial charge in [0.2, 0.25) is 0 Å². The van der Waals surface area contributed by atoms with Crippen molar-refractivity contribution in [2.24, 2.45) is 0 Å². The van der Waals surface area contributed by atoms with Crippen LogP contribution >= 0.6 is 15.9 Å². The van der Waals surface area contributed by atoms with Gasteiger partial charge in [0.25, 0.3) is 5.56 Å². The van der Waals surface area contributed by atoms with E-state index in [2.05, 4.69) is 20.9 Å². The molecule has 0 aliphatic heterocycles. The summed E-state index contributed by atoms with van der Waals surface area (Å²) in [5.74, 6) is 0. The van der Waals surface area contributed by atoms with E-state index in [0.717, 1.165) is 5.56 Å². The third kappa shape index (κ3) is 1.55. The monoisotopic (exact) mass is 284 g/mol. The summed E-state index contributed by atoms with van der Waals surface area (Å²) in [6.07, 6.45) is 0. The molecule has 2 rings (SSSR count). The number of fused-ring (bicyclic) bond motifs is 1. The van der Waals surface area contributed by atoms with Crippen molar-refractivity contribution in [2.45, 2.75) is 6.92 Å². The Bertz CT molecular complexity index is 672. The van der Waals surface area contributed by atoms with Crippen LogP contribution < -0.4 is 16.1 Å². The number of H-pyrrole nitrogens is 1. The lowest BCUT2D eigenvalue weighted by molar-refractivity contribution is 0.146. The zero-order valence-electron chi connectivity index (χ0n) is 8.70. The Kier molecular flexibility index (Phi) is 2.59. The zero-order valence-corrected chi connectivity index (χ0v) is 10.3. The first-order valence-corrected chi connectivity index (χ1v) is 5.33. The number of hydrogen-bond donors (Lipinski definition) is 1. The smallest absolute Gasteiger partial charge is 0.362 e. The van der Waals surface area contributed by atoms with Gasteiger partial charge in [-0.15, -0.1) is 0 Å². The van der Waals surface area contributed by atoms with Gasteiger partial charge >= 0.3 is 5.69 Å². The van der Waals surface area contributed by atoms with Crippen LogP contribution in [0.25, 0.3) is 10.9 Å². The molecule has 0 aliphatic carbocycles. The minimum Gasteiger partial charge on any atom is -0.409 e. The molecule has 1 aromatic carbocycles. The first-order valence-electron chi connectivity index (χ1n) is 4.54. The molecule has 0 saturated carbocycles. The fourth-order valence-corrected chi connectivity index (χ4v) is 2.24. The van der Waals surface area contributed by atoms with E-state index < -0.39 is 11.2 Å². The van der Waals surface area contributed by atoms with Crippen LogP contribution in [-0.2, 0) is 0 Å². The standard InChI is InChI=1S/C10H9BrN2O3/c1-5-3-6-8(7(11)4-5)12-10(15)13(16-2)9(6)14/h3-4H,1-2H3,(H,12,15). The molecule has 0 aliphatic rings. The molecule has 0 radical (unpaired) electrons. The average molecular weight is 285 g/mol. The van der Waals surface area contributed by atoms with Crippen LogP contribution in [0.2, 0.25) is 0 Å². The fourth-order valence-electron chi connectivity index (χ4n) is 1.56. The Hall–Kier alpha value is -1.56. The number of benzene rings is 1. The van der Waals surface area contributed by atoms with E-state index in [0.29, 0.717) is 20.1 Å². The second kappa shape index (κ2) is 3.79. The molecule has 16 heavy (non-hydrogen) atoms. The second-order valence-corrected chi connectivity index (χ2v) is 4.24. The molecular weight excluding hydrogens is 276 g/mol. The molecule has 0 fully saturated rings. The number of aromatic amines is 1. The van der Waals surface area contributed by atoms with Crippen molar-refractivity contribution in [3.8, 4) is 0 Å². The van der Waals surface area contributed by atoms with Gasteiger partial charge in [0, 0.05) is 4.47 Å². The Balaban J connectivity index is 3.05. The van der Waals surface area contributed by atoms with Gasteiger partial charge in [-0.05, 0) is 40.5 Å². The number of halogens is 1.